The highest BCUT2D eigenvalue weighted by Crippen LogP contribution is 2.25. The fourth-order valence-corrected chi connectivity index (χ4v) is 3.02. The molecule has 1 rings (SSSR count). The Balaban J connectivity index is 2.25. The number of hydrogen-bond donors (Lipinski definition) is 1. The lowest BCUT2D eigenvalue weighted by Crippen LogP contribution is -2.25. The van der Waals surface area contributed by atoms with Crippen LogP contribution in [-0.2, 0) is 10.8 Å². The van der Waals surface area contributed by atoms with Crippen molar-refractivity contribution in [2.45, 2.75) is 37.9 Å². The Bertz CT molecular complexity index is 155. The molecule has 0 aromatic rings. The topological polar surface area (TPSA) is 43.1 Å². The molecule has 0 saturated heterocycles. The fourth-order valence-electron chi connectivity index (χ4n) is 1.68. The minimum atomic E-state index is -0.680. The van der Waals surface area contributed by atoms with Gasteiger partial charge in [0.05, 0.1) is 0 Å². The minimum absolute atomic E-state index is 0.186. The van der Waals surface area contributed by atoms with E-state index in [1.807, 2.05) is 6.92 Å². The summed E-state index contributed by atoms with van der Waals surface area (Å²) in [7, 11) is -0.680. The third kappa shape index (κ3) is 2.87. The second kappa shape index (κ2) is 4.97. The van der Waals surface area contributed by atoms with Gasteiger partial charge in [0.1, 0.15) is 0 Å². The van der Waals surface area contributed by atoms with Crippen molar-refractivity contribution >= 4 is 10.8 Å². The molecule has 0 aliphatic heterocycles. The van der Waals surface area contributed by atoms with E-state index >= 15 is 0 Å². The molecule has 0 spiro atoms. The first-order chi connectivity index (χ1) is 5.74. The molecule has 1 aliphatic carbocycles. The molecule has 1 saturated carbocycles. The zero-order valence-corrected chi connectivity index (χ0v) is 8.61. The largest absolute Gasteiger partial charge is 0.329 e. The van der Waals surface area contributed by atoms with Crippen molar-refractivity contribution in [2.75, 3.05) is 12.3 Å². The molecule has 0 aromatic heterocycles. The van der Waals surface area contributed by atoms with E-state index in [9.17, 15) is 4.21 Å². The van der Waals surface area contributed by atoms with Crippen molar-refractivity contribution in [1.29, 1.82) is 0 Å². The predicted octanol–water partition coefficient (Wildman–Crippen LogP) is 1.27. The van der Waals surface area contributed by atoms with E-state index in [4.69, 9.17) is 5.73 Å². The predicted molar refractivity (Wildman–Crippen MR) is 53.5 cm³/mol. The Morgan fingerprint density at radius 1 is 1.50 bits per heavy atom. The Morgan fingerprint density at radius 2 is 2.08 bits per heavy atom. The molecule has 72 valence electrons. The van der Waals surface area contributed by atoms with Gasteiger partial charge >= 0.3 is 0 Å². The Hall–Kier alpha value is 0.110. The van der Waals surface area contributed by atoms with Gasteiger partial charge in [0.2, 0.25) is 0 Å². The van der Waals surface area contributed by atoms with Crippen molar-refractivity contribution in [3.8, 4) is 0 Å². The highest BCUT2D eigenvalue weighted by molar-refractivity contribution is 7.85. The molecule has 0 radical (unpaired) electrons. The third-order valence-electron chi connectivity index (χ3n) is 2.66. The average molecular weight is 189 g/mol. The molecule has 0 amide bonds. The van der Waals surface area contributed by atoms with E-state index in [0.717, 1.165) is 11.7 Å². The van der Waals surface area contributed by atoms with Gasteiger partial charge in [-0.3, -0.25) is 4.21 Å². The summed E-state index contributed by atoms with van der Waals surface area (Å²) < 4.78 is 11.6. The zero-order valence-electron chi connectivity index (χ0n) is 7.79. The van der Waals surface area contributed by atoms with Crippen molar-refractivity contribution in [1.82, 2.24) is 0 Å². The number of hydrogen-bond acceptors (Lipinski definition) is 2. The molecular weight excluding hydrogens is 170 g/mol. The van der Waals surface area contributed by atoms with Crippen LogP contribution in [0.25, 0.3) is 0 Å². The second-order valence-corrected chi connectivity index (χ2v) is 5.64. The quantitative estimate of drug-likeness (QED) is 0.724. The van der Waals surface area contributed by atoms with Crippen LogP contribution >= 0.6 is 0 Å². The van der Waals surface area contributed by atoms with Crippen LogP contribution in [0.3, 0.4) is 0 Å². The van der Waals surface area contributed by atoms with Crippen molar-refractivity contribution < 1.29 is 4.21 Å². The van der Waals surface area contributed by atoms with Crippen molar-refractivity contribution in [3.63, 3.8) is 0 Å². The van der Waals surface area contributed by atoms with E-state index in [-0.39, 0.29) is 5.25 Å². The van der Waals surface area contributed by atoms with Gasteiger partial charge < -0.3 is 5.73 Å². The Labute approximate surface area is 77.4 Å². The molecular formula is C9H19NOS. The van der Waals surface area contributed by atoms with Gasteiger partial charge in [0, 0.05) is 28.3 Å². The summed E-state index contributed by atoms with van der Waals surface area (Å²) in [5.74, 6) is 1.61. The molecule has 2 atom stereocenters. The first-order valence-corrected chi connectivity index (χ1v) is 6.19. The lowest BCUT2D eigenvalue weighted by molar-refractivity contribution is 0.600. The molecule has 3 heteroatoms. The van der Waals surface area contributed by atoms with Gasteiger partial charge in [-0.05, 0) is 25.7 Å². The standard InChI is InChI=1S/C9H19NOS/c1-8(6-10)12(11)7-9-4-2-3-5-9/h8-9H,2-7,10H2,1H3. The van der Waals surface area contributed by atoms with Crippen molar-refractivity contribution in [3.05, 3.63) is 0 Å². The summed E-state index contributed by atoms with van der Waals surface area (Å²) in [6.07, 6.45) is 5.23. The van der Waals surface area contributed by atoms with Crippen LogP contribution in [0, 0.1) is 5.92 Å². The maximum Gasteiger partial charge on any atom is 0.0442 e. The van der Waals surface area contributed by atoms with E-state index in [1.54, 1.807) is 0 Å². The number of rotatable bonds is 4. The minimum Gasteiger partial charge on any atom is -0.329 e. The van der Waals surface area contributed by atoms with E-state index < -0.39 is 10.8 Å². The second-order valence-electron chi connectivity index (χ2n) is 3.74. The van der Waals surface area contributed by atoms with Gasteiger partial charge in [-0.1, -0.05) is 12.8 Å². The summed E-state index contributed by atoms with van der Waals surface area (Å²) in [6.45, 7) is 2.53. The van der Waals surface area contributed by atoms with Crippen LogP contribution in [0.5, 0.6) is 0 Å². The zero-order chi connectivity index (χ0) is 8.97. The van der Waals surface area contributed by atoms with Crippen LogP contribution in [0.1, 0.15) is 32.6 Å². The van der Waals surface area contributed by atoms with Gasteiger partial charge in [-0.25, -0.2) is 0 Å². The van der Waals surface area contributed by atoms with Crippen LogP contribution in [0.2, 0.25) is 0 Å². The van der Waals surface area contributed by atoms with Gasteiger partial charge in [0.25, 0.3) is 0 Å². The van der Waals surface area contributed by atoms with Crippen LogP contribution in [-0.4, -0.2) is 21.8 Å². The summed E-state index contributed by atoms with van der Waals surface area (Å²) in [6, 6.07) is 0. The molecule has 2 unspecified atom stereocenters. The fraction of sp³-hybridized carbons (Fsp3) is 1.00. The summed E-state index contributed by atoms with van der Waals surface area (Å²) >= 11 is 0. The summed E-state index contributed by atoms with van der Waals surface area (Å²) in [5, 5.41) is 0.186. The Kier molecular flexibility index (Phi) is 4.22. The molecule has 2 N–H and O–H groups in total. The van der Waals surface area contributed by atoms with Crippen LogP contribution in [0.15, 0.2) is 0 Å². The summed E-state index contributed by atoms with van der Waals surface area (Å²) in [5.41, 5.74) is 5.45. The molecule has 1 aliphatic rings. The monoisotopic (exact) mass is 189 g/mol. The van der Waals surface area contributed by atoms with Gasteiger partial charge in [-0.15, -0.1) is 0 Å². The molecule has 0 aromatic carbocycles. The van der Waals surface area contributed by atoms with Gasteiger partial charge in [0.15, 0.2) is 0 Å². The third-order valence-corrected chi connectivity index (χ3v) is 4.55. The Morgan fingerprint density at radius 3 is 2.58 bits per heavy atom. The molecule has 0 bridgehead atoms. The SMILES string of the molecule is CC(CN)S(=O)CC1CCCC1. The van der Waals surface area contributed by atoms with Crippen LogP contribution < -0.4 is 5.73 Å². The van der Waals surface area contributed by atoms with E-state index in [1.165, 1.54) is 25.7 Å². The average Bonchev–Trinajstić information content (AvgIpc) is 2.55. The lowest BCUT2D eigenvalue weighted by atomic mass is 10.1. The molecule has 0 heterocycles. The normalized spacial score (nSPS) is 24.2. The molecule has 1 fully saturated rings. The lowest BCUT2D eigenvalue weighted by Gasteiger charge is -2.12. The van der Waals surface area contributed by atoms with Crippen LogP contribution in [0.4, 0.5) is 0 Å². The van der Waals surface area contributed by atoms with Gasteiger partial charge in [-0.2, -0.15) is 0 Å². The first kappa shape index (κ1) is 10.2. The summed E-state index contributed by atoms with van der Waals surface area (Å²) in [4.78, 5) is 0. The first-order valence-electron chi connectivity index (χ1n) is 4.81. The number of nitrogens with two attached hydrogens (primary N) is 1. The van der Waals surface area contributed by atoms with E-state index in [2.05, 4.69) is 0 Å². The molecule has 12 heavy (non-hydrogen) atoms. The van der Waals surface area contributed by atoms with Crippen molar-refractivity contribution in [2.24, 2.45) is 11.7 Å². The molecule has 2 nitrogen and oxygen atoms in total. The smallest absolute Gasteiger partial charge is 0.0442 e. The van der Waals surface area contributed by atoms with E-state index in [0.29, 0.717) is 6.54 Å². The maximum atomic E-state index is 11.6. The highest BCUT2D eigenvalue weighted by Gasteiger charge is 2.19. The maximum absolute atomic E-state index is 11.6. The highest BCUT2D eigenvalue weighted by atomic mass is 32.2.